The van der Waals surface area contributed by atoms with Crippen LogP contribution in [-0.2, 0) is 11.3 Å². The van der Waals surface area contributed by atoms with Crippen LogP contribution in [0.2, 0.25) is 5.15 Å². The lowest BCUT2D eigenvalue weighted by atomic mass is 9.90. The van der Waals surface area contributed by atoms with E-state index in [0.29, 0.717) is 11.8 Å². The van der Waals surface area contributed by atoms with Crippen molar-refractivity contribution in [3.8, 4) is 0 Å². The predicted molar refractivity (Wildman–Crippen MR) is 95.5 cm³/mol. The molecule has 1 saturated heterocycles. The molecule has 1 N–H and O–H groups in total. The molecule has 126 valence electrons. The van der Waals surface area contributed by atoms with Crippen molar-refractivity contribution in [2.24, 2.45) is 0 Å². The number of halogens is 1. The van der Waals surface area contributed by atoms with E-state index in [0.717, 1.165) is 37.4 Å². The fraction of sp³-hybridized carbons (Fsp3) is 0.444. The van der Waals surface area contributed by atoms with E-state index >= 15 is 0 Å². The third-order valence-corrected chi connectivity index (χ3v) is 5.36. The molecule has 24 heavy (non-hydrogen) atoms. The third kappa shape index (κ3) is 2.72. The summed E-state index contributed by atoms with van der Waals surface area (Å²) >= 11 is 6.07. The van der Waals surface area contributed by atoms with Gasteiger partial charge in [-0.15, -0.1) is 10.2 Å². The van der Waals surface area contributed by atoms with E-state index in [1.807, 2.05) is 24.3 Å². The Morgan fingerprint density at radius 3 is 2.96 bits per heavy atom. The molecule has 2 aromatic rings. The van der Waals surface area contributed by atoms with E-state index in [-0.39, 0.29) is 11.6 Å². The first-order valence-corrected chi connectivity index (χ1v) is 8.78. The minimum Gasteiger partial charge on any atom is -0.372 e. The molecule has 0 unspecified atom stereocenters. The van der Waals surface area contributed by atoms with Gasteiger partial charge in [0, 0.05) is 25.6 Å². The SMILES string of the molecule is CC[C@@]12CNc3nnc(Cl)cc3N1C[C@H](OCc1ccccc1)C2. The zero-order chi connectivity index (χ0) is 16.6. The van der Waals surface area contributed by atoms with Gasteiger partial charge < -0.3 is 15.0 Å². The Hall–Kier alpha value is -1.85. The molecule has 1 fully saturated rings. The summed E-state index contributed by atoms with van der Waals surface area (Å²) in [7, 11) is 0. The molecule has 1 aromatic carbocycles. The molecule has 5 nitrogen and oxygen atoms in total. The average Bonchev–Trinajstić information content (AvgIpc) is 3.01. The number of nitrogens with zero attached hydrogens (tertiary/aromatic N) is 3. The Balaban J connectivity index is 1.54. The number of hydrogen-bond acceptors (Lipinski definition) is 5. The average molecular weight is 345 g/mol. The second-order valence-corrected chi connectivity index (χ2v) is 6.95. The fourth-order valence-electron chi connectivity index (χ4n) is 3.82. The van der Waals surface area contributed by atoms with Crippen LogP contribution in [0.3, 0.4) is 0 Å². The van der Waals surface area contributed by atoms with Gasteiger partial charge in [-0.2, -0.15) is 0 Å². The Kier molecular flexibility index (Phi) is 4.06. The van der Waals surface area contributed by atoms with Gasteiger partial charge in [-0.05, 0) is 12.0 Å². The van der Waals surface area contributed by atoms with Crippen LogP contribution in [0.15, 0.2) is 36.4 Å². The number of rotatable bonds is 4. The molecule has 0 radical (unpaired) electrons. The molecule has 4 rings (SSSR count). The predicted octanol–water partition coefficient (Wildman–Crippen LogP) is 3.50. The maximum atomic E-state index is 6.21. The highest BCUT2D eigenvalue weighted by Gasteiger charge is 2.48. The van der Waals surface area contributed by atoms with Gasteiger partial charge in [0.2, 0.25) is 0 Å². The molecule has 2 atom stereocenters. The highest BCUT2D eigenvalue weighted by molar-refractivity contribution is 6.29. The maximum Gasteiger partial charge on any atom is 0.172 e. The zero-order valence-electron chi connectivity index (χ0n) is 13.7. The van der Waals surface area contributed by atoms with Crippen LogP contribution in [0.25, 0.3) is 0 Å². The maximum absolute atomic E-state index is 6.21. The second-order valence-electron chi connectivity index (χ2n) is 6.57. The summed E-state index contributed by atoms with van der Waals surface area (Å²) in [6.07, 6.45) is 2.25. The van der Waals surface area contributed by atoms with Crippen LogP contribution in [0.1, 0.15) is 25.3 Å². The molecule has 6 heteroatoms. The van der Waals surface area contributed by atoms with Gasteiger partial charge in [0.15, 0.2) is 11.0 Å². The molecule has 2 aliphatic heterocycles. The van der Waals surface area contributed by atoms with E-state index in [9.17, 15) is 0 Å². The van der Waals surface area contributed by atoms with Crippen LogP contribution >= 0.6 is 11.6 Å². The quantitative estimate of drug-likeness (QED) is 0.920. The Bertz CT molecular complexity index is 726. The van der Waals surface area contributed by atoms with Crippen LogP contribution in [-0.4, -0.2) is 34.9 Å². The highest BCUT2D eigenvalue weighted by Crippen LogP contribution is 2.44. The van der Waals surface area contributed by atoms with Crippen LogP contribution < -0.4 is 10.2 Å². The topological polar surface area (TPSA) is 50.3 Å². The van der Waals surface area contributed by atoms with Gasteiger partial charge in [-0.25, -0.2) is 0 Å². The van der Waals surface area contributed by atoms with Crippen molar-refractivity contribution in [2.75, 3.05) is 23.3 Å². The minimum absolute atomic E-state index is 0.0563. The van der Waals surface area contributed by atoms with E-state index < -0.39 is 0 Å². The van der Waals surface area contributed by atoms with Gasteiger partial charge in [0.05, 0.1) is 23.9 Å². The monoisotopic (exact) mass is 344 g/mol. The molecule has 0 spiro atoms. The summed E-state index contributed by atoms with van der Waals surface area (Å²) in [5, 5.41) is 12.0. The van der Waals surface area contributed by atoms with Crippen molar-refractivity contribution >= 4 is 23.1 Å². The van der Waals surface area contributed by atoms with Crippen molar-refractivity contribution in [1.82, 2.24) is 10.2 Å². The molecule has 1 aromatic heterocycles. The van der Waals surface area contributed by atoms with E-state index in [2.05, 4.69) is 39.5 Å². The lowest BCUT2D eigenvalue weighted by molar-refractivity contribution is 0.0496. The van der Waals surface area contributed by atoms with Gasteiger partial charge in [-0.1, -0.05) is 48.9 Å². The smallest absolute Gasteiger partial charge is 0.172 e. The number of hydrogen-bond donors (Lipinski definition) is 1. The largest absolute Gasteiger partial charge is 0.372 e. The Morgan fingerprint density at radius 1 is 1.33 bits per heavy atom. The van der Waals surface area contributed by atoms with Crippen molar-refractivity contribution in [1.29, 1.82) is 0 Å². The standard InChI is InChI=1S/C18H21ClN4O/c1-2-18-9-14(24-11-13-6-4-3-5-7-13)10-23(18)15-8-16(19)21-22-17(15)20-12-18/h3-8,14H,2,9-12H2,1H3,(H,20,22)/t14-,18-/m1/s1. The number of anilines is 2. The molecular formula is C18H21ClN4O. The van der Waals surface area contributed by atoms with Crippen LogP contribution in [0.5, 0.6) is 0 Å². The normalized spacial score (nSPS) is 25.1. The highest BCUT2D eigenvalue weighted by atomic mass is 35.5. The summed E-state index contributed by atoms with van der Waals surface area (Å²) in [5.41, 5.74) is 2.30. The fourth-order valence-corrected chi connectivity index (χ4v) is 3.96. The molecule has 0 saturated carbocycles. The molecule has 0 aliphatic carbocycles. The molecule has 0 amide bonds. The number of benzene rings is 1. The van der Waals surface area contributed by atoms with Crippen molar-refractivity contribution < 1.29 is 4.74 Å². The van der Waals surface area contributed by atoms with Crippen molar-refractivity contribution in [3.05, 3.63) is 47.1 Å². The summed E-state index contributed by atoms with van der Waals surface area (Å²) in [5.74, 6) is 0.812. The molecular weight excluding hydrogens is 324 g/mol. The first kappa shape index (κ1) is 15.7. The zero-order valence-corrected chi connectivity index (χ0v) is 14.5. The number of ether oxygens (including phenoxy) is 1. The first-order chi connectivity index (χ1) is 11.7. The van der Waals surface area contributed by atoms with E-state index in [4.69, 9.17) is 16.3 Å². The molecule has 3 heterocycles. The van der Waals surface area contributed by atoms with Crippen LogP contribution in [0, 0.1) is 0 Å². The number of aromatic nitrogens is 2. The van der Waals surface area contributed by atoms with Crippen molar-refractivity contribution in [2.45, 2.75) is 38.0 Å². The lowest BCUT2D eigenvalue weighted by Crippen LogP contribution is -2.52. The van der Waals surface area contributed by atoms with Gasteiger partial charge >= 0.3 is 0 Å². The van der Waals surface area contributed by atoms with E-state index in [1.165, 1.54) is 5.56 Å². The van der Waals surface area contributed by atoms with Crippen LogP contribution in [0.4, 0.5) is 11.5 Å². The first-order valence-electron chi connectivity index (χ1n) is 8.40. The van der Waals surface area contributed by atoms with Gasteiger partial charge in [0.1, 0.15) is 0 Å². The van der Waals surface area contributed by atoms with Gasteiger partial charge in [0.25, 0.3) is 0 Å². The number of nitrogens with one attached hydrogen (secondary N) is 1. The third-order valence-electron chi connectivity index (χ3n) is 5.17. The Morgan fingerprint density at radius 2 is 2.17 bits per heavy atom. The summed E-state index contributed by atoms with van der Waals surface area (Å²) in [6, 6.07) is 12.2. The van der Waals surface area contributed by atoms with Gasteiger partial charge in [-0.3, -0.25) is 0 Å². The molecule has 2 aliphatic rings. The second kappa shape index (κ2) is 6.22. The molecule has 0 bridgehead atoms. The summed E-state index contributed by atoms with van der Waals surface area (Å²) in [6.45, 7) is 4.60. The Labute approximate surface area is 147 Å². The van der Waals surface area contributed by atoms with Crippen molar-refractivity contribution in [3.63, 3.8) is 0 Å². The summed E-state index contributed by atoms with van der Waals surface area (Å²) < 4.78 is 6.21. The minimum atomic E-state index is 0.0563. The van der Waals surface area contributed by atoms with E-state index in [1.54, 1.807) is 0 Å². The number of fused-ring (bicyclic) bond motifs is 3. The summed E-state index contributed by atoms with van der Waals surface area (Å²) in [4.78, 5) is 2.41. The lowest BCUT2D eigenvalue weighted by Gasteiger charge is -2.43.